The number of sulfonamides is 1. The molecule has 1 aliphatic carbocycles. The van der Waals surface area contributed by atoms with Gasteiger partial charge in [0, 0.05) is 49.8 Å². The zero-order valence-electron chi connectivity index (χ0n) is 16.4. The van der Waals surface area contributed by atoms with E-state index in [1.54, 1.807) is 5.38 Å². The highest BCUT2D eigenvalue weighted by atomic mass is 35.5. The lowest BCUT2D eigenvalue weighted by Gasteiger charge is -2.42. The highest BCUT2D eigenvalue weighted by Gasteiger charge is 2.31. The molecule has 2 fully saturated rings. The molecule has 1 aromatic heterocycles. The number of hydrogen-bond donors (Lipinski definition) is 3. The van der Waals surface area contributed by atoms with Crippen LogP contribution in [0, 0.1) is 5.82 Å². The number of piperazine rings is 1. The Morgan fingerprint density at radius 2 is 2.00 bits per heavy atom. The van der Waals surface area contributed by atoms with Crippen LogP contribution in [0.1, 0.15) is 25.7 Å². The molecular formula is C19H25ClFN5O2S2. The minimum atomic E-state index is -4.12. The van der Waals surface area contributed by atoms with E-state index in [0.29, 0.717) is 11.7 Å². The fraction of sp³-hybridized carbons (Fsp3) is 0.526. The Hall–Kier alpha value is -1.46. The van der Waals surface area contributed by atoms with Gasteiger partial charge in [-0.05, 0) is 25.0 Å². The van der Waals surface area contributed by atoms with Gasteiger partial charge >= 0.3 is 0 Å². The summed E-state index contributed by atoms with van der Waals surface area (Å²) in [6.45, 7) is 3.92. The summed E-state index contributed by atoms with van der Waals surface area (Å²) < 4.78 is 42.2. The van der Waals surface area contributed by atoms with E-state index in [1.165, 1.54) is 18.7 Å². The standard InChI is InChI=1S/C19H25ClFN5O2S2/c20-13-11-18(30(27,28)25-19-23-7-10-29-19)14(21)12-16(13)24-15-3-1-2-4-17(15)26-8-5-22-6-9-26/h7,10-12,15,17,22,24H,1-6,8-9H2,(H,23,25)/t15-,17-/m0/s1. The van der Waals surface area contributed by atoms with Crippen LogP contribution < -0.4 is 15.4 Å². The Labute approximate surface area is 185 Å². The number of anilines is 2. The third-order valence-corrected chi connectivity index (χ3v) is 8.14. The van der Waals surface area contributed by atoms with Gasteiger partial charge < -0.3 is 10.6 Å². The number of rotatable bonds is 6. The molecule has 7 nitrogen and oxygen atoms in total. The third kappa shape index (κ3) is 4.88. The summed E-state index contributed by atoms with van der Waals surface area (Å²) >= 11 is 7.50. The van der Waals surface area contributed by atoms with Crippen molar-refractivity contribution in [3.05, 3.63) is 34.5 Å². The van der Waals surface area contributed by atoms with E-state index < -0.39 is 20.7 Å². The first-order valence-corrected chi connectivity index (χ1v) is 12.8. The fourth-order valence-electron chi connectivity index (χ4n) is 4.22. The molecule has 0 radical (unpaired) electrons. The Kier molecular flexibility index (Phi) is 6.78. The van der Waals surface area contributed by atoms with Crippen LogP contribution >= 0.6 is 22.9 Å². The van der Waals surface area contributed by atoms with Gasteiger partial charge in [0.25, 0.3) is 10.0 Å². The SMILES string of the molecule is O=S(=O)(Nc1nccs1)c1cc(Cl)c(N[C@H]2CCCC[C@@H]2N2CCNCC2)cc1F. The number of aromatic nitrogens is 1. The number of nitrogens with zero attached hydrogens (tertiary/aromatic N) is 2. The summed E-state index contributed by atoms with van der Waals surface area (Å²) in [5.41, 5.74) is 0.425. The zero-order valence-corrected chi connectivity index (χ0v) is 18.8. The van der Waals surface area contributed by atoms with E-state index in [4.69, 9.17) is 11.6 Å². The molecule has 1 saturated heterocycles. The number of nitrogens with one attached hydrogen (secondary N) is 3. The molecule has 1 saturated carbocycles. The lowest BCUT2D eigenvalue weighted by Crippen LogP contribution is -2.55. The van der Waals surface area contributed by atoms with E-state index in [9.17, 15) is 12.8 Å². The molecule has 0 spiro atoms. The molecule has 164 valence electrons. The maximum atomic E-state index is 14.8. The summed E-state index contributed by atoms with van der Waals surface area (Å²) in [5, 5.41) is 8.76. The van der Waals surface area contributed by atoms with Crippen molar-refractivity contribution < 1.29 is 12.8 Å². The number of halogens is 2. The third-order valence-electron chi connectivity index (χ3n) is 5.66. The van der Waals surface area contributed by atoms with Gasteiger partial charge in [-0.3, -0.25) is 9.62 Å². The summed E-state index contributed by atoms with van der Waals surface area (Å²) in [5.74, 6) is -0.847. The molecule has 2 atom stereocenters. The van der Waals surface area contributed by atoms with Gasteiger partial charge in [0.15, 0.2) is 5.13 Å². The van der Waals surface area contributed by atoms with Crippen molar-refractivity contribution >= 4 is 43.8 Å². The van der Waals surface area contributed by atoms with Gasteiger partial charge in [0.2, 0.25) is 0 Å². The molecule has 0 bridgehead atoms. The van der Waals surface area contributed by atoms with E-state index in [1.807, 2.05) is 0 Å². The highest BCUT2D eigenvalue weighted by molar-refractivity contribution is 7.93. The van der Waals surface area contributed by atoms with Crippen LogP contribution in [0.25, 0.3) is 0 Å². The Bertz CT molecular complexity index is 968. The van der Waals surface area contributed by atoms with Crippen molar-refractivity contribution in [1.82, 2.24) is 15.2 Å². The summed E-state index contributed by atoms with van der Waals surface area (Å²) in [7, 11) is -4.12. The summed E-state index contributed by atoms with van der Waals surface area (Å²) in [6.07, 6.45) is 5.80. The van der Waals surface area contributed by atoms with Crippen molar-refractivity contribution in [3.63, 3.8) is 0 Å². The lowest BCUT2D eigenvalue weighted by atomic mass is 9.88. The summed E-state index contributed by atoms with van der Waals surface area (Å²) in [6, 6.07) is 2.85. The van der Waals surface area contributed by atoms with Crippen molar-refractivity contribution in [1.29, 1.82) is 0 Å². The Morgan fingerprint density at radius 1 is 1.23 bits per heavy atom. The molecule has 1 aliphatic heterocycles. The van der Waals surface area contributed by atoms with Crippen LogP contribution in [-0.2, 0) is 10.0 Å². The van der Waals surface area contributed by atoms with E-state index >= 15 is 0 Å². The number of thiazole rings is 1. The first-order chi connectivity index (χ1) is 14.4. The molecule has 30 heavy (non-hydrogen) atoms. The predicted molar refractivity (Wildman–Crippen MR) is 118 cm³/mol. The van der Waals surface area contributed by atoms with Crippen LogP contribution in [0.2, 0.25) is 5.02 Å². The molecule has 0 unspecified atom stereocenters. The normalized spacial score (nSPS) is 23.3. The van der Waals surface area contributed by atoms with Crippen LogP contribution in [0.15, 0.2) is 28.6 Å². The van der Waals surface area contributed by atoms with Crippen molar-refractivity contribution in [3.8, 4) is 0 Å². The first-order valence-electron chi connectivity index (χ1n) is 10.1. The first kappa shape index (κ1) is 21.8. The minimum Gasteiger partial charge on any atom is -0.379 e. The van der Waals surface area contributed by atoms with Crippen molar-refractivity contribution in [2.24, 2.45) is 0 Å². The monoisotopic (exact) mass is 473 g/mol. The topological polar surface area (TPSA) is 86.4 Å². The Balaban J connectivity index is 1.54. The molecule has 0 amide bonds. The van der Waals surface area contributed by atoms with Gasteiger partial charge in [0.05, 0.1) is 10.7 Å². The molecule has 2 aliphatic rings. The molecule has 3 N–H and O–H groups in total. The van der Waals surface area contributed by atoms with Gasteiger partial charge in [-0.2, -0.15) is 0 Å². The second kappa shape index (κ2) is 9.35. The maximum absolute atomic E-state index is 14.8. The molecule has 11 heteroatoms. The van der Waals surface area contributed by atoms with Crippen LogP contribution in [0.3, 0.4) is 0 Å². The Morgan fingerprint density at radius 3 is 2.73 bits per heavy atom. The smallest absolute Gasteiger partial charge is 0.266 e. The number of benzene rings is 1. The number of hydrogen-bond acceptors (Lipinski definition) is 7. The van der Waals surface area contributed by atoms with Crippen LogP contribution in [0.5, 0.6) is 0 Å². The lowest BCUT2D eigenvalue weighted by molar-refractivity contribution is 0.128. The van der Waals surface area contributed by atoms with Crippen molar-refractivity contribution in [2.45, 2.75) is 42.7 Å². The average Bonchev–Trinajstić information content (AvgIpc) is 3.23. The van der Waals surface area contributed by atoms with Gasteiger partial charge in [-0.25, -0.2) is 17.8 Å². The van der Waals surface area contributed by atoms with Gasteiger partial charge in [-0.15, -0.1) is 11.3 Å². The molecule has 2 heterocycles. The predicted octanol–water partition coefficient (Wildman–Crippen LogP) is 3.36. The second-order valence-electron chi connectivity index (χ2n) is 7.59. The van der Waals surface area contributed by atoms with Crippen LogP contribution in [-0.4, -0.2) is 56.6 Å². The average molecular weight is 474 g/mol. The molecule has 1 aromatic carbocycles. The molecule has 4 rings (SSSR count). The van der Waals surface area contributed by atoms with E-state index in [0.717, 1.165) is 62.8 Å². The maximum Gasteiger partial charge on any atom is 0.266 e. The van der Waals surface area contributed by atoms with Crippen molar-refractivity contribution in [2.75, 3.05) is 36.2 Å². The fourth-order valence-corrected chi connectivity index (χ4v) is 6.38. The molecule has 2 aromatic rings. The largest absolute Gasteiger partial charge is 0.379 e. The quantitative estimate of drug-likeness (QED) is 0.596. The highest BCUT2D eigenvalue weighted by Crippen LogP contribution is 2.33. The van der Waals surface area contributed by atoms with Crippen LogP contribution in [0.4, 0.5) is 15.2 Å². The molecular weight excluding hydrogens is 449 g/mol. The van der Waals surface area contributed by atoms with E-state index in [-0.39, 0.29) is 16.2 Å². The summed E-state index contributed by atoms with van der Waals surface area (Å²) in [4.78, 5) is 5.87. The van der Waals surface area contributed by atoms with Gasteiger partial charge in [0.1, 0.15) is 10.7 Å². The minimum absolute atomic E-state index is 0.143. The van der Waals surface area contributed by atoms with Gasteiger partial charge in [-0.1, -0.05) is 24.4 Å². The zero-order chi connectivity index (χ0) is 21.1. The second-order valence-corrected chi connectivity index (χ2v) is 10.5. The van der Waals surface area contributed by atoms with E-state index in [2.05, 4.69) is 25.2 Å².